The fraction of sp³-hybridized carbons (Fsp3) is 0.941. The van der Waals surface area contributed by atoms with Gasteiger partial charge in [0.25, 0.3) is 0 Å². The van der Waals surface area contributed by atoms with Crippen LogP contribution in [0.5, 0.6) is 0 Å². The molecule has 138 valence electrons. The highest BCUT2D eigenvalue weighted by atomic mass is 127. The van der Waals surface area contributed by atoms with Crippen LogP contribution in [0.2, 0.25) is 0 Å². The molecule has 6 heteroatoms. The van der Waals surface area contributed by atoms with E-state index in [9.17, 15) is 0 Å². The highest BCUT2D eigenvalue weighted by Gasteiger charge is 2.28. The summed E-state index contributed by atoms with van der Waals surface area (Å²) in [6, 6.07) is 0. The Morgan fingerprint density at radius 3 is 2.48 bits per heavy atom. The standard InChI is InChI=1S/C17H36N4S.HI/c1-6-18-16(21-13-14-22-17(4,5)15-21)19-11-9-10-12-20(7-2)8-3;/h6-15H2,1-5H3,(H,18,19);1H. The average Bonchev–Trinajstić information content (AvgIpc) is 2.48. The predicted octanol–water partition coefficient (Wildman–Crippen LogP) is 3.52. The van der Waals surface area contributed by atoms with Crippen molar-refractivity contribution in [3.05, 3.63) is 0 Å². The number of thioether (sulfide) groups is 1. The first-order chi connectivity index (χ1) is 10.5. The van der Waals surface area contributed by atoms with Crippen LogP contribution in [0.3, 0.4) is 0 Å². The van der Waals surface area contributed by atoms with Gasteiger partial charge < -0.3 is 15.1 Å². The van der Waals surface area contributed by atoms with Gasteiger partial charge in [0.15, 0.2) is 5.96 Å². The van der Waals surface area contributed by atoms with Gasteiger partial charge in [0, 0.05) is 36.7 Å². The molecule has 0 amide bonds. The first-order valence-corrected chi connectivity index (χ1v) is 9.90. The molecule has 1 N–H and O–H groups in total. The van der Waals surface area contributed by atoms with Crippen molar-refractivity contribution in [2.45, 2.75) is 52.2 Å². The van der Waals surface area contributed by atoms with Gasteiger partial charge in [0.05, 0.1) is 0 Å². The Morgan fingerprint density at radius 2 is 1.91 bits per heavy atom. The molecule has 1 saturated heterocycles. The van der Waals surface area contributed by atoms with Crippen molar-refractivity contribution < 1.29 is 0 Å². The van der Waals surface area contributed by atoms with Crippen molar-refractivity contribution in [3.8, 4) is 0 Å². The smallest absolute Gasteiger partial charge is 0.193 e. The highest BCUT2D eigenvalue weighted by molar-refractivity contribution is 14.0. The van der Waals surface area contributed by atoms with Crippen LogP contribution in [0.15, 0.2) is 4.99 Å². The molecule has 0 unspecified atom stereocenters. The Kier molecular flexibility index (Phi) is 12.8. The second-order valence-electron chi connectivity index (χ2n) is 6.50. The first kappa shape index (κ1) is 23.3. The Labute approximate surface area is 165 Å². The zero-order chi connectivity index (χ0) is 16.4. The second-order valence-corrected chi connectivity index (χ2v) is 8.30. The van der Waals surface area contributed by atoms with Gasteiger partial charge in [-0.2, -0.15) is 11.8 Å². The predicted molar refractivity (Wildman–Crippen MR) is 117 cm³/mol. The SMILES string of the molecule is CCNC(=NCCCCN(CC)CC)N1CCSC(C)(C)C1.I. The fourth-order valence-corrected chi connectivity index (χ4v) is 3.91. The molecular formula is C17H37IN4S. The molecule has 1 aliphatic rings. The van der Waals surface area contributed by atoms with Crippen molar-refractivity contribution in [2.75, 3.05) is 51.6 Å². The van der Waals surface area contributed by atoms with Crippen molar-refractivity contribution >= 4 is 41.7 Å². The summed E-state index contributed by atoms with van der Waals surface area (Å²) in [5.74, 6) is 2.30. The van der Waals surface area contributed by atoms with E-state index in [1.165, 1.54) is 25.1 Å². The summed E-state index contributed by atoms with van der Waals surface area (Å²) in [6.07, 6.45) is 2.42. The molecule has 0 aromatic carbocycles. The number of hydrogen-bond acceptors (Lipinski definition) is 3. The molecule has 23 heavy (non-hydrogen) atoms. The third-order valence-electron chi connectivity index (χ3n) is 4.10. The van der Waals surface area contributed by atoms with Crippen molar-refractivity contribution in [1.82, 2.24) is 15.1 Å². The number of aliphatic imine (C=N–C) groups is 1. The van der Waals surface area contributed by atoms with Gasteiger partial charge in [-0.15, -0.1) is 24.0 Å². The number of nitrogens with zero attached hydrogens (tertiary/aromatic N) is 3. The number of nitrogens with one attached hydrogen (secondary N) is 1. The van der Waals surface area contributed by atoms with Gasteiger partial charge in [0.1, 0.15) is 0 Å². The molecule has 1 heterocycles. The summed E-state index contributed by atoms with van der Waals surface area (Å²) in [6.45, 7) is 18.9. The zero-order valence-corrected chi connectivity index (χ0v) is 18.9. The molecule has 0 atom stereocenters. The summed E-state index contributed by atoms with van der Waals surface area (Å²) in [4.78, 5) is 9.78. The third kappa shape index (κ3) is 9.39. The first-order valence-electron chi connectivity index (χ1n) is 8.92. The van der Waals surface area contributed by atoms with Gasteiger partial charge >= 0.3 is 0 Å². The minimum Gasteiger partial charge on any atom is -0.357 e. The Morgan fingerprint density at radius 1 is 1.22 bits per heavy atom. The van der Waals surface area contributed by atoms with Gasteiger partial charge in [0.2, 0.25) is 0 Å². The molecule has 1 aliphatic heterocycles. The molecule has 0 aliphatic carbocycles. The second kappa shape index (κ2) is 12.6. The normalized spacial score (nSPS) is 18.0. The van der Waals surface area contributed by atoms with Gasteiger partial charge in [-0.3, -0.25) is 4.99 Å². The molecule has 0 radical (unpaired) electrons. The van der Waals surface area contributed by atoms with Crippen molar-refractivity contribution in [2.24, 2.45) is 4.99 Å². The number of halogens is 1. The summed E-state index contributed by atoms with van der Waals surface area (Å²) >= 11 is 2.07. The largest absolute Gasteiger partial charge is 0.357 e. The lowest BCUT2D eigenvalue weighted by Gasteiger charge is -2.39. The van der Waals surface area contributed by atoms with Gasteiger partial charge in [-0.25, -0.2) is 0 Å². The van der Waals surface area contributed by atoms with E-state index in [1.54, 1.807) is 0 Å². The molecule has 0 aromatic rings. The third-order valence-corrected chi connectivity index (χ3v) is 5.40. The molecule has 0 saturated carbocycles. The van der Waals surface area contributed by atoms with E-state index >= 15 is 0 Å². The Hall–Kier alpha value is 0.310. The van der Waals surface area contributed by atoms with Crippen LogP contribution in [-0.2, 0) is 0 Å². The van der Waals surface area contributed by atoms with Crippen LogP contribution >= 0.6 is 35.7 Å². The quantitative estimate of drug-likeness (QED) is 0.262. The monoisotopic (exact) mass is 456 g/mol. The number of rotatable bonds is 8. The van der Waals surface area contributed by atoms with E-state index in [1.807, 2.05) is 0 Å². The molecule has 0 aromatic heterocycles. The van der Waals surface area contributed by atoms with Crippen LogP contribution in [0.25, 0.3) is 0 Å². The van der Waals surface area contributed by atoms with Crippen molar-refractivity contribution in [1.29, 1.82) is 0 Å². The number of unbranched alkanes of at least 4 members (excludes halogenated alkanes) is 1. The fourth-order valence-electron chi connectivity index (χ4n) is 2.80. The van der Waals surface area contributed by atoms with Crippen molar-refractivity contribution in [3.63, 3.8) is 0 Å². The summed E-state index contributed by atoms with van der Waals surface area (Å²) < 4.78 is 0.331. The molecule has 4 nitrogen and oxygen atoms in total. The molecular weight excluding hydrogens is 419 g/mol. The summed E-state index contributed by atoms with van der Waals surface area (Å²) in [5.41, 5.74) is 0. The van der Waals surface area contributed by atoms with E-state index in [4.69, 9.17) is 4.99 Å². The van der Waals surface area contributed by atoms with Crippen LogP contribution in [0.4, 0.5) is 0 Å². The van der Waals surface area contributed by atoms with E-state index in [0.717, 1.165) is 45.2 Å². The lowest BCUT2D eigenvalue weighted by molar-refractivity contribution is 0.297. The van der Waals surface area contributed by atoms with E-state index in [-0.39, 0.29) is 24.0 Å². The minimum atomic E-state index is 0. The summed E-state index contributed by atoms with van der Waals surface area (Å²) in [7, 11) is 0. The van der Waals surface area contributed by atoms with Gasteiger partial charge in [-0.1, -0.05) is 13.8 Å². The van der Waals surface area contributed by atoms with Gasteiger partial charge in [-0.05, 0) is 53.2 Å². The lowest BCUT2D eigenvalue weighted by Crippen LogP contribution is -2.51. The molecule has 1 fully saturated rings. The lowest BCUT2D eigenvalue weighted by atomic mass is 10.2. The van der Waals surface area contributed by atoms with Crippen LogP contribution in [0, 0.1) is 0 Å². The topological polar surface area (TPSA) is 30.9 Å². The molecule has 0 bridgehead atoms. The molecule has 0 spiro atoms. The van der Waals surface area contributed by atoms with Crippen LogP contribution in [-0.4, -0.2) is 72.1 Å². The Bertz CT molecular complexity index is 333. The number of guanidine groups is 1. The molecule has 1 rings (SSSR count). The van der Waals surface area contributed by atoms with E-state index < -0.39 is 0 Å². The maximum Gasteiger partial charge on any atom is 0.193 e. The zero-order valence-electron chi connectivity index (χ0n) is 15.7. The van der Waals surface area contributed by atoms with E-state index in [2.05, 4.69) is 61.5 Å². The minimum absolute atomic E-state index is 0. The maximum absolute atomic E-state index is 4.85. The highest BCUT2D eigenvalue weighted by Crippen LogP contribution is 2.29. The van der Waals surface area contributed by atoms with Crippen LogP contribution in [0.1, 0.15) is 47.5 Å². The average molecular weight is 456 g/mol. The summed E-state index contributed by atoms with van der Waals surface area (Å²) in [5, 5.41) is 3.47. The Balaban J connectivity index is 0.00000484. The van der Waals surface area contributed by atoms with E-state index in [0.29, 0.717) is 4.75 Å². The maximum atomic E-state index is 4.85. The van der Waals surface area contributed by atoms with Crippen LogP contribution < -0.4 is 5.32 Å². The number of hydrogen-bond donors (Lipinski definition) is 1.